The molecule has 4 amide bonds. The van der Waals surface area contributed by atoms with Crippen LogP contribution in [0.2, 0.25) is 0 Å². The fraction of sp³-hybridized carbons (Fsp3) is 0.333. The summed E-state index contributed by atoms with van der Waals surface area (Å²) >= 11 is 0. The monoisotopic (exact) mass is 465 g/mol. The van der Waals surface area contributed by atoms with Gasteiger partial charge in [0.25, 0.3) is 5.91 Å². The Morgan fingerprint density at radius 2 is 1.79 bits per heavy atom. The third-order valence-electron chi connectivity index (χ3n) is 5.65. The van der Waals surface area contributed by atoms with Crippen LogP contribution in [0.1, 0.15) is 49.9 Å². The summed E-state index contributed by atoms with van der Waals surface area (Å²) in [5.41, 5.74) is 7.41. The Morgan fingerprint density at radius 3 is 2.35 bits per heavy atom. The number of benzene rings is 2. The molecule has 2 aromatic rings. The molecule has 1 saturated heterocycles. The van der Waals surface area contributed by atoms with Gasteiger partial charge in [-0.1, -0.05) is 54.6 Å². The molecule has 0 unspecified atom stereocenters. The van der Waals surface area contributed by atoms with Crippen molar-refractivity contribution in [3.05, 3.63) is 71.3 Å². The molecule has 0 aromatic heterocycles. The van der Waals surface area contributed by atoms with Gasteiger partial charge in [0, 0.05) is 6.92 Å². The zero-order valence-corrected chi connectivity index (χ0v) is 19.3. The van der Waals surface area contributed by atoms with Crippen LogP contribution in [0.5, 0.6) is 0 Å². The van der Waals surface area contributed by atoms with Gasteiger partial charge in [0.05, 0.1) is 25.6 Å². The van der Waals surface area contributed by atoms with Crippen molar-refractivity contribution in [2.45, 2.75) is 45.3 Å². The molecule has 1 aliphatic rings. The quantitative estimate of drug-likeness (QED) is 0.333. The van der Waals surface area contributed by atoms with Crippen molar-refractivity contribution in [3.8, 4) is 0 Å². The number of nitrogens with one attached hydrogen (secondary N) is 2. The topological polar surface area (TPSA) is 132 Å². The summed E-state index contributed by atoms with van der Waals surface area (Å²) < 4.78 is 5.08. The predicted octanol–water partition coefficient (Wildman–Crippen LogP) is 3.44. The van der Waals surface area contributed by atoms with E-state index >= 15 is 0 Å². The SMILES string of the molecule is CCOC(=O)C[C@@H](c1ccccc1)N(C(C)=O)N1C(=O)N[C@@](C)(c2ccc(CN=N)cc2)C1=O. The zero-order valence-electron chi connectivity index (χ0n) is 19.3. The summed E-state index contributed by atoms with van der Waals surface area (Å²) in [6.07, 6.45) is -0.240. The maximum absolute atomic E-state index is 13.6. The number of rotatable bonds is 9. The van der Waals surface area contributed by atoms with Crippen LogP contribution in [0.3, 0.4) is 0 Å². The van der Waals surface area contributed by atoms with E-state index in [1.54, 1.807) is 68.4 Å². The molecule has 0 saturated carbocycles. The second-order valence-electron chi connectivity index (χ2n) is 7.98. The molecule has 10 nitrogen and oxygen atoms in total. The molecule has 2 aromatic carbocycles. The van der Waals surface area contributed by atoms with Gasteiger partial charge < -0.3 is 10.1 Å². The number of hydrazine groups is 1. The Morgan fingerprint density at radius 1 is 1.15 bits per heavy atom. The number of hydrogen-bond donors (Lipinski definition) is 2. The Bertz CT molecular complexity index is 1090. The molecule has 1 fully saturated rings. The first-order valence-corrected chi connectivity index (χ1v) is 10.8. The largest absolute Gasteiger partial charge is 0.466 e. The van der Waals surface area contributed by atoms with Crippen LogP contribution in [0.25, 0.3) is 0 Å². The van der Waals surface area contributed by atoms with E-state index < -0.39 is 35.4 Å². The lowest BCUT2D eigenvalue weighted by Gasteiger charge is -2.36. The van der Waals surface area contributed by atoms with E-state index in [1.807, 2.05) is 0 Å². The van der Waals surface area contributed by atoms with Gasteiger partial charge in [-0.05, 0) is 30.5 Å². The number of hydrogen-bond acceptors (Lipinski definition) is 7. The van der Waals surface area contributed by atoms with E-state index in [0.717, 1.165) is 15.6 Å². The molecule has 0 aliphatic carbocycles. The highest BCUT2D eigenvalue weighted by molar-refractivity contribution is 6.08. The maximum Gasteiger partial charge on any atom is 0.344 e. The lowest BCUT2D eigenvalue weighted by molar-refractivity contribution is -0.163. The van der Waals surface area contributed by atoms with Gasteiger partial charge in [-0.2, -0.15) is 10.1 Å². The Hall–Kier alpha value is -4.08. The van der Waals surface area contributed by atoms with E-state index in [0.29, 0.717) is 11.1 Å². The molecule has 3 rings (SSSR count). The molecule has 10 heteroatoms. The van der Waals surface area contributed by atoms with Gasteiger partial charge in [0.1, 0.15) is 5.54 Å². The molecule has 0 bridgehead atoms. The van der Waals surface area contributed by atoms with Gasteiger partial charge in [0.2, 0.25) is 5.91 Å². The first-order chi connectivity index (χ1) is 16.2. The minimum atomic E-state index is -1.44. The number of ether oxygens (including phenoxy) is 1. The summed E-state index contributed by atoms with van der Waals surface area (Å²) in [6, 6.07) is 13.8. The van der Waals surface area contributed by atoms with Crippen molar-refractivity contribution in [1.82, 2.24) is 15.3 Å². The smallest absolute Gasteiger partial charge is 0.344 e. The average molecular weight is 466 g/mol. The first-order valence-electron chi connectivity index (χ1n) is 10.8. The molecular formula is C24H27N5O5. The Kier molecular flexibility index (Phi) is 7.40. The standard InChI is InChI=1S/C24H27N5O5/c1-4-34-21(31)14-20(18-8-6-5-7-9-18)28(16(2)30)29-22(32)24(3,27-23(29)33)19-12-10-17(11-13-19)15-26-25/h5-13,20,25H,4,14-15H2,1-3H3,(H,27,33)/t20-,24-/m0/s1. The van der Waals surface area contributed by atoms with Crippen LogP contribution >= 0.6 is 0 Å². The highest BCUT2D eigenvalue weighted by Crippen LogP contribution is 2.34. The number of nitrogens with zero attached hydrogens (tertiary/aromatic N) is 3. The van der Waals surface area contributed by atoms with E-state index in [-0.39, 0.29) is 19.6 Å². The molecule has 0 radical (unpaired) electrons. The van der Waals surface area contributed by atoms with E-state index in [9.17, 15) is 19.2 Å². The third kappa shape index (κ3) is 4.80. The van der Waals surface area contributed by atoms with Gasteiger partial charge in [-0.3, -0.25) is 14.4 Å². The number of imide groups is 1. The van der Waals surface area contributed by atoms with Crippen molar-refractivity contribution in [3.63, 3.8) is 0 Å². The molecule has 2 atom stereocenters. The number of carbonyl (C=O) groups is 4. The van der Waals surface area contributed by atoms with Crippen LogP contribution < -0.4 is 5.32 Å². The zero-order chi connectivity index (χ0) is 24.9. The molecule has 1 heterocycles. The minimum Gasteiger partial charge on any atom is -0.466 e. The number of urea groups is 1. The van der Waals surface area contributed by atoms with Gasteiger partial charge in [0.15, 0.2) is 0 Å². The lowest BCUT2D eigenvalue weighted by atomic mass is 9.91. The highest BCUT2D eigenvalue weighted by Gasteiger charge is 2.53. The Balaban J connectivity index is 2.01. The summed E-state index contributed by atoms with van der Waals surface area (Å²) in [7, 11) is 0. The molecule has 178 valence electrons. The molecular weight excluding hydrogens is 438 g/mol. The van der Waals surface area contributed by atoms with Crippen LogP contribution in [-0.4, -0.2) is 40.4 Å². The molecule has 1 aliphatic heterocycles. The van der Waals surface area contributed by atoms with Gasteiger partial charge in [-0.25, -0.2) is 15.3 Å². The van der Waals surface area contributed by atoms with E-state index in [1.165, 1.54) is 6.92 Å². The van der Waals surface area contributed by atoms with Crippen LogP contribution in [-0.2, 0) is 31.2 Å². The average Bonchev–Trinajstić information content (AvgIpc) is 3.04. The second kappa shape index (κ2) is 10.2. The molecule has 2 N–H and O–H groups in total. The van der Waals surface area contributed by atoms with Crippen molar-refractivity contribution in [1.29, 1.82) is 5.53 Å². The normalized spacial score (nSPS) is 18.3. The van der Waals surface area contributed by atoms with Crippen LogP contribution in [0, 0.1) is 5.53 Å². The van der Waals surface area contributed by atoms with Crippen LogP contribution in [0.15, 0.2) is 59.7 Å². The third-order valence-corrected chi connectivity index (χ3v) is 5.65. The Labute approximate surface area is 197 Å². The van der Waals surface area contributed by atoms with Crippen molar-refractivity contribution >= 4 is 23.8 Å². The summed E-state index contributed by atoms with van der Waals surface area (Å²) in [4.78, 5) is 51.9. The van der Waals surface area contributed by atoms with Gasteiger partial charge in [-0.15, -0.1) is 0 Å². The highest BCUT2D eigenvalue weighted by atomic mass is 16.5. The summed E-state index contributed by atoms with van der Waals surface area (Å²) in [5, 5.41) is 7.81. The lowest BCUT2D eigenvalue weighted by Crippen LogP contribution is -2.52. The second-order valence-corrected chi connectivity index (χ2v) is 7.98. The molecule has 34 heavy (non-hydrogen) atoms. The van der Waals surface area contributed by atoms with Crippen molar-refractivity contribution < 1.29 is 23.9 Å². The number of carbonyl (C=O) groups excluding carboxylic acids is 4. The van der Waals surface area contributed by atoms with E-state index in [2.05, 4.69) is 10.4 Å². The molecule has 0 spiro atoms. The summed E-state index contributed by atoms with van der Waals surface area (Å²) in [6.45, 7) is 4.82. The number of amides is 4. The predicted molar refractivity (Wildman–Crippen MR) is 121 cm³/mol. The summed E-state index contributed by atoms with van der Waals surface area (Å²) in [5.74, 6) is -1.80. The van der Waals surface area contributed by atoms with Crippen molar-refractivity contribution in [2.24, 2.45) is 5.11 Å². The fourth-order valence-electron chi connectivity index (χ4n) is 3.95. The van der Waals surface area contributed by atoms with Gasteiger partial charge >= 0.3 is 12.0 Å². The van der Waals surface area contributed by atoms with E-state index in [4.69, 9.17) is 10.3 Å². The van der Waals surface area contributed by atoms with Crippen molar-refractivity contribution in [2.75, 3.05) is 6.61 Å². The minimum absolute atomic E-state index is 0.158. The maximum atomic E-state index is 13.6. The first kappa shape index (κ1) is 24.6. The fourth-order valence-corrected chi connectivity index (χ4v) is 3.95. The number of esters is 1. The van der Waals surface area contributed by atoms with Crippen LogP contribution in [0.4, 0.5) is 4.79 Å².